The van der Waals surface area contributed by atoms with Crippen LogP contribution in [-0.4, -0.2) is 44.3 Å². The topological polar surface area (TPSA) is 135 Å². The van der Waals surface area contributed by atoms with Crippen molar-refractivity contribution in [2.24, 2.45) is 0 Å². The van der Waals surface area contributed by atoms with Crippen molar-refractivity contribution in [1.29, 1.82) is 0 Å². The Kier molecular flexibility index (Phi) is 12.2. The molecule has 0 amide bonds. The average molecular weight is 526 g/mol. The third-order valence-corrected chi connectivity index (χ3v) is 9.82. The van der Waals surface area contributed by atoms with Gasteiger partial charge >= 0.3 is 0 Å². The molecule has 0 saturated heterocycles. The van der Waals surface area contributed by atoms with Crippen LogP contribution in [0.2, 0.25) is 0 Å². The van der Waals surface area contributed by atoms with Crippen molar-refractivity contribution >= 4 is 25.4 Å². The number of anilines is 1. The molecule has 0 aliphatic heterocycles. The Morgan fingerprint density at radius 1 is 0.629 bits per heavy atom. The van der Waals surface area contributed by atoms with Gasteiger partial charge in [-0.05, 0) is 49.2 Å². The second-order valence-electron chi connectivity index (χ2n) is 9.03. The molecule has 2 aromatic rings. The van der Waals surface area contributed by atoms with Crippen molar-refractivity contribution in [2.75, 3.05) is 11.5 Å². The first-order valence-electron chi connectivity index (χ1n) is 12.4. The summed E-state index contributed by atoms with van der Waals surface area (Å²) in [5.74, 6) is 0.157. The van der Waals surface area contributed by atoms with E-state index in [1.54, 1.807) is 42.5 Å². The Bertz CT molecular complexity index is 1070. The van der Waals surface area contributed by atoms with E-state index < -0.39 is 31.2 Å². The van der Waals surface area contributed by atoms with Crippen molar-refractivity contribution in [3.05, 3.63) is 54.6 Å². The molecule has 2 aromatic carbocycles. The van der Waals surface area contributed by atoms with Gasteiger partial charge in [0.15, 0.2) is 15.3 Å². The van der Waals surface area contributed by atoms with Crippen LogP contribution in [0, 0.1) is 0 Å². The summed E-state index contributed by atoms with van der Waals surface area (Å²) in [7, 11) is -7.20. The van der Waals surface area contributed by atoms with Crippen LogP contribution in [0.25, 0.3) is 0 Å². The maximum Gasteiger partial charge on any atom is 0.207 e. The highest BCUT2D eigenvalue weighted by atomic mass is 32.2. The van der Waals surface area contributed by atoms with Crippen molar-refractivity contribution in [2.45, 2.75) is 92.0 Å². The highest BCUT2D eigenvalue weighted by molar-refractivity contribution is 7.92. The fraction of sp³-hybridized carbons (Fsp3) is 0.538. The molecule has 0 spiro atoms. The Morgan fingerprint density at radius 2 is 1.11 bits per heavy atom. The number of sulfone groups is 2. The lowest BCUT2D eigenvalue weighted by Crippen LogP contribution is -2.34. The maximum atomic E-state index is 12.4. The minimum absolute atomic E-state index is 0.00924. The van der Waals surface area contributed by atoms with Crippen LogP contribution in [0.4, 0.5) is 5.69 Å². The minimum Gasteiger partial charge on any atom is -0.399 e. The molecule has 0 saturated carbocycles. The van der Waals surface area contributed by atoms with Gasteiger partial charge in [-0.2, -0.15) is 0 Å². The second kappa shape index (κ2) is 14.6. The van der Waals surface area contributed by atoms with E-state index in [4.69, 9.17) is 5.73 Å². The van der Waals surface area contributed by atoms with Gasteiger partial charge in [0.1, 0.15) is 0 Å². The van der Waals surface area contributed by atoms with E-state index in [0.29, 0.717) is 23.4 Å². The highest BCUT2D eigenvalue weighted by Gasteiger charge is 2.31. The zero-order valence-electron chi connectivity index (χ0n) is 20.3. The fourth-order valence-corrected chi connectivity index (χ4v) is 6.69. The third-order valence-electron chi connectivity index (χ3n) is 6.12. The molecule has 196 valence electrons. The second-order valence-corrected chi connectivity index (χ2v) is 13.2. The monoisotopic (exact) mass is 525 g/mol. The van der Waals surface area contributed by atoms with Gasteiger partial charge in [-0.15, -0.1) is 0 Å². The first-order chi connectivity index (χ1) is 16.6. The van der Waals surface area contributed by atoms with E-state index in [0.717, 1.165) is 51.4 Å². The minimum atomic E-state index is -3.96. The van der Waals surface area contributed by atoms with Gasteiger partial charge in [0.05, 0.1) is 21.6 Å². The van der Waals surface area contributed by atoms with E-state index in [-0.39, 0.29) is 17.1 Å². The lowest BCUT2D eigenvalue weighted by atomic mass is 10.0. The summed E-state index contributed by atoms with van der Waals surface area (Å²) in [4.78, 5) is 0.335. The number of nitrogens with two attached hydrogens (primary N) is 1. The summed E-state index contributed by atoms with van der Waals surface area (Å²) in [6.45, 7) is 0. The van der Waals surface area contributed by atoms with Gasteiger partial charge in [0.25, 0.3) is 0 Å². The van der Waals surface area contributed by atoms with Crippen molar-refractivity contribution in [3.63, 3.8) is 0 Å². The van der Waals surface area contributed by atoms with Crippen LogP contribution in [0.15, 0.2) is 64.4 Å². The van der Waals surface area contributed by atoms with E-state index >= 15 is 0 Å². The smallest absolute Gasteiger partial charge is 0.207 e. The number of rotatable bonds is 17. The van der Waals surface area contributed by atoms with Gasteiger partial charge in [0, 0.05) is 5.69 Å². The van der Waals surface area contributed by atoms with E-state index in [9.17, 15) is 27.0 Å². The predicted molar refractivity (Wildman–Crippen MR) is 139 cm³/mol. The summed E-state index contributed by atoms with van der Waals surface area (Å²) in [5, 5.41) is 20.2. The van der Waals surface area contributed by atoms with Crippen LogP contribution < -0.4 is 5.73 Å². The molecule has 0 aromatic heterocycles. The van der Waals surface area contributed by atoms with Gasteiger partial charge in [0.2, 0.25) is 9.84 Å². The largest absolute Gasteiger partial charge is 0.399 e. The van der Waals surface area contributed by atoms with Crippen molar-refractivity contribution in [3.8, 4) is 0 Å². The molecule has 0 radical (unpaired) electrons. The number of hydrogen-bond acceptors (Lipinski definition) is 7. The van der Waals surface area contributed by atoms with Crippen LogP contribution in [0.3, 0.4) is 0 Å². The lowest BCUT2D eigenvalue weighted by molar-refractivity contribution is 0.0593. The first-order valence-corrected chi connectivity index (χ1v) is 15.6. The summed E-state index contributed by atoms with van der Waals surface area (Å²) in [6.07, 6.45) is 8.35. The van der Waals surface area contributed by atoms with Crippen molar-refractivity contribution in [1.82, 2.24) is 0 Å². The third kappa shape index (κ3) is 9.91. The molecule has 2 unspecified atom stereocenters. The van der Waals surface area contributed by atoms with E-state index in [1.807, 2.05) is 0 Å². The summed E-state index contributed by atoms with van der Waals surface area (Å²) in [6, 6.07) is 14.0. The molecule has 35 heavy (non-hydrogen) atoms. The van der Waals surface area contributed by atoms with Gasteiger partial charge in [-0.1, -0.05) is 76.0 Å². The predicted octanol–water partition coefficient (Wildman–Crippen LogP) is 4.49. The Hall–Kier alpha value is -1.94. The zero-order valence-corrected chi connectivity index (χ0v) is 21.9. The maximum absolute atomic E-state index is 12.4. The standard InChI is InChI=1S/C26H39NO6S2/c27-22-17-19-23(20-18-22)34(30,31)21-13-8-6-4-2-1-3-5-7-12-16-25(28)26(29)35(32,33)24-14-10-9-11-15-24/h9-11,14-15,17-20,25-26,28-29H,1-8,12-13,16,21,27H2. The lowest BCUT2D eigenvalue weighted by Gasteiger charge is -2.18. The van der Waals surface area contributed by atoms with E-state index in [1.165, 1.54) is 12.1 Å². The molecular formula is C26H39NO6S2. The normalized spacial score (nSPS) is 14.0. The fourth-order valence-electron chi connectivity index (χ4n) is 3.95. The summed E-state index contributed by atoms with van der Waals surface area (Å²) in [5.41, 5.74) is 4.34. The molecule has 0 fully saturated rings. The molecule has 4 N–H and O–H groups in total. The number of unbranched alkanes of at least 4 members (excludes halogenated alkanes) is 9. The van der Waals surface area contributed by atoms with Gasteiger partial charge < -0.3 is 15.9 Å². The molecule has 0 bridgehead atoms. The number of aliphatic hydroxyl groups excluding tert-OH is 2. The quantitative estimate of drug-likeness (QED) is 0.205. The average Bonchev–Trinajstić information content (AvgIpc) is 2.84. The SMILES string of the molecule is Nc1ccc(S(=O)(=O)CCCCCCCCCCCCC(O)C(O)S(=O)(=O)c2ccccc2)cc1. The highest BCUT2D eigenvalue weighted by Crippen LogP contribution is 2.20. The number of nitrogen functional groups attached to an aromatic ring is 1. The molecule has 0 aliphatic rings. The Balaban J connectivity index is 1.48. The molecule has 9 heteroatoms. The molecule has 2 atom stereocenters. The van der Waals surface area contributed by atoms with Crippen molar-refractivity contribution < 1.29 is 27.0 Å². The van der Waals surface area contributed by atoms with Crippen LogP contribution in [0.1, 0.15) is 70.6 Å². The summed E-state index contributed by atoms with van der Waals surface area (Å²) < 4.78 is 49.3. The molecule has 7 nitrogen and oxygen atoms in total. The number of aliphatic hydroxyl groups is 2. The van der Waals surface area contributed by atoms with Gasteiger partial charge in [-0.25, -0.2) is 16.8 Å². The molecule has 0 heterocycles. The number of hydrogen-bond donors (Lipinski definition) is 3. The molecule has 2 rings (SSSR count). The zero-order chi connectivity index (χ0) is 25.7. The van der Waals surface area contributed by atoms with Gasteiger partial charge in [-0.3, -0.25) is 0 Å². The van der Waals surface area contributed by atoms with Crippen LogP contribution >= 0.6 is 0 Å². The first kappa shape index (κ1) is 29.3. The molecular weight excluding hydrogens is 486 g/mol. The van der Waals surface area contributed by atoms with E-state index in [2.05, 4.69) is 0 Å². The molecule has 0 aliphatic carbocycles. The summed E-state index contributed by atoms with van der Waals surface area (Å²) >= 11 is 0. The van der Waals surface area contributed by atoms with Crippen LogP contribution in [0.5, 0.6) is 0 Å². The Labute approximate surface area is 210 Å². The van der Waals surface area contributed by atoms with Crippen LogP contribution in [-0.2, 0) is 19.7 Å². The Morgan fingerprint density at radius 3 is 1.66 bits per heavy atom. The number of benzene rings is 2.